The van der Waals surface area contributed by atoms with Crippen molar-refractivity contribution in [2.24, 2.45) is 5.41 Å². The zero-order valence-corrected chi connectivity index (χ0v) is 18.4. The number of hydrogen-bond acceptors (Lipinski definition) is 8. The second kappa shape index (κ2) is 11.5. The minimum Gasteiger partial charge on any atom is -0.457 e. The molecule has 0 radical (unpaired) electrons. The zero-order chi connectivity index (χ0) is 19.7. The number of carbonyl (C=O) groups is 1. The number of rotatable bonds is 10. The van der Waals surface area contributed by atoms with Gasteiger partial charge in [0.05, 0.1) is 29.8 Å². The van der Waals surface area contributed by atoms with Gasteiger partial charge in [-0.05, 0) is 51.3 Å². The van der Waals surface area contributed by atoms with Crippen molar-refractivity contribution in [2.75, 3.05) is 20.0 Å². The molecule has 0 spiro atoms. The van der Waals surface area contributed by atoms with Gasteiger partial charge in [0.2, 0.25) is 6.79 Å². The highest BCUT2D eigenvalue weighted by Gasteiger charge is 2.23. The second-order valence-corrected chi connectivity index (χ2v) is 12.5. The largest absolute Gasteiger partial charge is 0.457 e. The maximum absolute atomic E-state index is 11.7. The summed E-state index contributed by atoms with van der Waals surface area (Å²) in [5.41, 5.74) is 0.527. The molecule has 1 N–H and O–H groups in total. The molecule has 1 aromatic rings. The molecular weight excluding hydrogens is 407 g/mol. The van der Waals surface area contributed by atoms with Crippen LogP contribution in [0.4, 0.5) is 0 Å². The van der Waals surface area contributed by atoms with Crippen LogP contribution < -0.4 is 4.74 Å². The van der Waals surface area contributed by atoms with Gasteiger partial charge in [-0.3, -0.25) is 4.79 Å². The van der Waals surface area contributed by atoms with Crippen molar-refractivity contribution in [3.05, 3.63) is 29.8 Å². The van der Waals surface area contributed by atoms with Crippen molar-refractivity contribution in [1.82, 2.24) is 0 Å². The van der Waals surface area contributed by atoms with Gasteiger partial charge in [0, 0.05) is 12.4 Å². The van der Waals surface area contributed by atoms with Crippen LogP contribution in [0, 0.1) is 5.41 Å². The Kier molecular flexibility index (Phi) is 9.70. The van der Waals surface area contributed by atoms with E-state index in [1.807, 2.05) is 24.3 Å². The van der Waals surface area contributed by atoms with Crippen molar-refractivity contribution in [3.63, 3.8) is 0 Å². The second-order valence-electron chi connectivity index (χ2n) is 7.09. The first-order chi connectivity index (χ1) is 12.8. The fourth-order valence-electron chi connectivity index (χ4n) is 2.13. The summed E-state index contributed by atoms with van der Waals surface area (Å²) in [4.78, 5) is 21.7. The van der Waals surface area contributed by atoms with E-state index in [0.717, 1.165) is 36.7 Å². The van der Waals surface area contributed by atoms with Gasteiger partial charge >= 0.3 is 5.97 Å². The average Bonchev–Trinajstić information content (AvgIpc) is 3.13. The Bertz CT molecular complexity index is 572. The van der Waals surface area contributed by atoms with Crippen LogP contribution in [0.5, 0.6) is 5.75 Å². The first-order valence-electron chi connectivity index (χ1n) is 8.76. The average molecular weight is 435 g/mol. The van der Waals surface area contributed by atoms with E-state index in [1.165, 1.54) is 11.4 Å². The fraction of sp³-hybridized carbons (Fsp3) is 0.611. The Balaban J connectivity index is 1.61. The molecule has 1 aliphatic rings. The van der Waals surface area contributed by atoms with Gasteiger partial charge in [-0.15, -0.1) is 0 Å². The SMILES string of the molecule is CC(C)(C)C(=O)OCOc1ccc(CSP(O)SOCC2CCCO2)cc1. The summed E-state index contributed by atoms with van der Waals surface area (Å²) in [6, 6.07) is 7.49. The molecule has 0 aromatic heterocycles. The highest BCUT2D eigenvalue weighted by molar-refractivity contribution is 8.85. The van der Waals surface area contributed by atoms with Crippen molar-refractivity contribution in [2.45, 2.75) is 45.5 Å². The number of hydrogen-bond donors (Lipinski definition) is 1. The molecule has 2 atom stereocenters. The van der Waals surface area contributed by atoms with Crippen LogP contribution in [0.2, 0.25) is 0 Å². The van der Waals surface area contributed by atoms with E-state index in [1.54, 1.807) is 20.8 Å². The number of carbonyl (C=O) groups excluding carboxylic acids is 1. The zero-order valence-electron chi connectivity index (χ0n) is 15.9. The molecule has 1 fully saturated rings. The first-order valence-corrected chi connectivity index (χ1v) is 13.0. The smallest absolute Gasteiger partial charge is 0.314 e. The Morgan fingerprint density at radius 2 is 2.07 bits per heavy atom. The van der Waals surface area contributed by atoms with E-state index in [9.17, 15) is 9.69 Å². The Morgan fingerprint density at radius 3 is 2.70 bits per heavy atom. The van der Waals surface area contributed by atoms with E-state index in [-0.39, 0.29) is 18.9 Å². The molecule has 9 heteroatoms. The fourth-order valence-corrected chi connectivity index (χ4v) is 5.54. The Hall–Kier alpha value is -0.500. The van der Waals surface area contributed by atoms with Gasteiger partial charge in [0.1, 0.15) is 5.75 Å². The van der Waals surface area contributed by atoms with E-state index < -0.39 is 12.0 Å². The van der Waals surface area contributed by atoms with E-state index in [2.05, 4.69) is 0 Å². The molecule has 1 aliphatic heterocycles. The van der Waals surface area contributed by atoms with Crippen LogP contribution in [0.1, 0.15) is 39.2 Å². The van der Waals surface area contributed by atoms with Crippen molar-refractivity contribution < 1.29 is 28.1 Å². The molecule has 1 aromatic carbocycles. The number of esters is 1. The highest BCUT2D eigenvalue weighted by Crippen LogP contribution is 2.58. The van der Waals surface area contributed by atoms with Crippen LogP contribution in [-0.2, 0) is 24.2 Å². The van der Waals surface area contributed by atoms with E-state index in [4.69, 9.17) is 18.4 Å². The molecule has 2 unspecified atom stereocenters. The van der Waals surface area contributed by atoms with Gasteiger partial charge in [-0.1, -0.05) is 23.5 Å². The summed E-state index contributed by atoms with van der Waals surface area (Å²) in [5, 5.41) is 0. The van der Waals surface area contributed by atoms with Crippen LogP contribution in [0.15, 0.2) is 24.3 Å². The molecule has 0 aliphatic carbocycles. The molecule has 152 valence electrons. The van der Waals surface area contributed by atoms with Crippen LogP contribution in [-0.4, -0.2) is 37.0 Å². The lowest BCUT2D eigenvalue weighted by atomic mass is 9.98. The summed E-state index contributed by atoms with van der Waals surface area (Å²) in [5.74, 6) is 1.01. The van der Waals surface area contributed by atoms with Gasteiger partial charge in [0.25, 0.3) is 0 Å². The number of ether oxygens (including phenoxy) is 3. The Morgan fingerprint density at radius 1 is 1.33 bits per heavy atom. The third-order valence-electron chi connectivity index (χ3n) is 3.69. The maximum Gasteiger partial charge on any atom is 0.314 e. The first kappa shape index (κ1) is 22.8. The molecular formula is C18H27O6PS2. The minimum absolute atomic E-state index is 0.106. The van der Waals surface area contributed by atoms with E-state index in [0.29, 0.717) is 18.1 Å². The van der Waals surface area contributed by atoms with Gasteiger partial charge in [0.15, 0.2) is 6.55 Å². The lowest BCUT2D eigenvalue weighted by molar-refractivity contribution is -0.159. The standard InChI is InChI=1S/C18H27O6PS2/c1-18(2,3)17(19)23-13-22-15-8-6-14(7-9-15)12-26-25(20)27-24-11-16-5-4-10-21-16/h6-9,16,20H,4-5,10-13H2,1-3H3. The summed E-state index contributed by atoms with van der Waals surface area (Å²) < 4.78 is 21.4. The Labute approximate surface area is 170 Å². The molecule has 0 saturated carbocycles. The molecule has 0 amide bonds. The third-order valence-corrected chi connectivity index (χ3v) is 7.98. The summed E-state index contributed by atoms with van der Waals surface area (Å²) in [6.45, 7) is 5.32. The molecule has 1 saturated heterocycles. The van der Waals surface area contributed by atoms with Crippen molar-refractivity contribution in [3.8, 4) is 5.75 Å². The number of benzene rings is 1. The monoisotopic (exact) mass is 434 g/mol. The minimum atomic E-state index is -1.29. The molecule has 6 nitrogen and oxygen atoms in total. The van der Waals surface area contributed by atoms with Crippen LogP contribution >= 0.6 is 29.6 Å². The predicted octanol–water partition coefficient (Wildman–Crippen LogP) is 4.91. The molecule has 2 rings (SSSR count). The lowest BCUT2D eigenvalue weighted by Gasteiger charge is -2.16. The third kappa shape index (κ3) is 9.03. The summed E-state index contributed by atoms with van der Waals surface area (Å²) in [7, 11) is 0. The maximum atomic E-state index is 11.7. The molecule has 27 heavy (non-hydrogen) atoms. The van der Waals surface area contributed by atoms with E-state index >= 15 is 0 Å². The summed E-state index contributed by atoms with van der Waals surface area (Å²) in [6.07, 6.45) is 2.28. The van der Waals surface area contributed by atoms with Gasteiger partial charge in [-0.2, -0.15) is 0 Å². The predicted molar refractivity (Wildman–Crippen MR) is 110 cm³/mol. The van der Waals surface area contributed by atoms with Gasteiger partial charge < -0.3 is 23.3 Å². The summed E-state index contributed by atoms with van der Waals surface area (Å²) >= 11 is 2.58. The normalized spacial score (nSPS) is 18.3. The lowest BCUT2D eigenvalue weighted by Crippen LogP contribution is -2.24. The topological polar surface area (TPSA) is 74.2 Å². The van der Waals surface area contributed by atoms with Crippen LogP contribution in [0.3, 0.4) is 0 Å². The molecule has 1 heterocycles. The quantitative estimate of drug-likeness (QED) is 0.241. The van der Waals surface area contributed by atoms with Crippen molar-refractivity contribution >= 4 is 35.6 Å². The highest BCUT2D eigenvalue weighted by atomic mass is 33.1. The van der Waals surface area contributed by atoms with Gasteiger partial charge in [-0.25, -0.2) is 0 Å². The van der Waals surface area contributed by atoms with Crippen molar-refractivity contribution in [1.29, 1.82) is 0 Å². The van der Waals surface area contributed by atoms with Crippen LogP contribution in [0.25, 0.3) is 0 Å². The molecule has 0 bridgehead atoms.